The summed E-state index contributed by atoms with van der Waals surface area (Å²) in [5, 5.41) is 4.34. The molecule has 0 amide bonds. The molecule has 1 aromatic heterocycles. The summed E-state index contributed by atoms with van der Waals surface area (Å²) in [6, 6.07) is 10.3. The molecule has 1 atom stereocenters. The zero-order valence-electron chi connectivity index (χ0n) is 11.0. The van der Waals surface area contributed by atoms with Gasteiger partial charge in [0.2, 0.25) is 11.6 Å². The molecule has 98 valence electrons. The summed E-state index contributed by atoms with van der Waals surface area (Å²) in [6.07, 6.45) is 2.38. The van der Waals surface area contributed by atoms with Gasteiger partial charge in [0.1, 0.15) is 5.82 Å². The van der Waals surface area contributed by atoms with Crippen LogP contribution in [0, 0.1) is 0 Å². The topological polar surface area (TPSA) is 47.8 Å². The van der Waals surface area contributed by atoms with E-state index in [-0.39, 0.29) is 11.7 Å². The molecule has 0 saturated carbocycles. The van der Waals surface area contributed by atoms with Crippen molar-refractivity contribution in [2.75, 3.05) is 0 Å². The number of aromatic nitrogens is 3. The van der Waals surface area contributed by atoms with Crippen LogP contribution in [0.4, 0.5) is 0 Å². The Morgan fingerprint density at radius 1 is 1.37 bits per heavy atom. The molecular formula is C15H17N3O. The molecule has 1 aromatic carbocycles. The number of hydrogen-bond donors (Lipinski definition) is 0. The van der Waals surface area contributed by atoms with Gasteiger partial charge in [-0.2, -0.15) is 0 Å². The first-order valence-electron chi connectivity index (χ1n) is 6.82. The highest BCUT2D eigenvalue weighted by atomic mass is 16.1. The Morgan fingerprint density at radius 3 is 2.89 bits per heavy atom. The number of hydrogen-bond acceptors (Lipinski definition) is 3. The molecule has 0 saturated heterocycles. The highest BCUT2D eigenvalue weighted by Crippen LogP contribution is 2.32. The lowest BCUT2D eigenvalue weighted by atomic mass is 9.97. The first-order valence-corrected chi connectivity index (χ1v) is 6.82. The Bertz CT molecular complexity index is 589. The minimum atomic E-state index is 0.0520. The minimum Gasteiger partial charge on any atom is -0.291 e. The first kappa shape index (κ1) is 12.1. The van der Waals surface area contributed by atoms with Crippen LogP contribution in [0.3, 0.4) is 0 Å². The SMILES string of the molecule is CCCC(=O)c1nc2n(n1)CCC2c1ccccc1. The summed E-state index contributed by atoms with van der Waals surface area (Å²) in [6.45, 7) is 2.84. The molecule has 0 spiro atoms. The van der Waals surface area contributed by atoms with Crippen molar-refractivity contribution < 1.29 is 4.79 Å². The Hall–Kier alpha value is -1.97. The molecular weight excluding hydrogens is 238 g/mol. The average Bonchev–Trinajstić information content (AvgIpc) is 2.99. The van der Waals surface area contributed by atoms with E-state index in [1.165, 1.54) is 5.56 Å². The summed E-state index contributed by atoms with van der Waals surface area (Å²) in [4.78, 5) is 16.3. The third-order valence-corrected chi connectivity index (χ3v) is 3.57. The van der Waals surface area contributed by atoms with Crippen LogP contribution in [0.15, 0.2) is 30.3 Å². The summed E-state index contributed by atoms with van der Waals surface area (Å²) >= 11 is 0. The number of ketones is 1. The predicted molar refractivity (Wildman–Crippen MR) is 72.2 cm³/mol. The largest absolute Gasteiger partial charge is 0.291 e. The standard InChI is InChI=1S/C15H17N3O/c1-2-6-13(19)14-16-15-12(9-10-18(15)17-14)11-7-4-3-5-8-11/h3-5,7-8,12H,2,6,9-10H2,1H3. The fraction of sp³-hybridized carbons (Fsp3) is 0.400. The molecule has 4 nitrogen and oxygen atoms in total. The number of fused-ring (bicyclic) bond motifs is 1. The van der Waals surface area contributed by atoms with Gasteiger partial charge in [-0.3, -0.25) is 4.79 Å². The maximum absolute atomic E-state index is 11.9. The highest BCUT2D eigenvalue weighted by molar-refractivity contribution is 5.92. The normalized spacial score (nSPS) is 17.4. The molecule has 2 heterocycles. The van der Waals surface area contributed by atoms with Crippen LogP contribution in [0.1, 0.15) is 54.1 Å². The summed E-state index contributed by atoms with van der Waals surface area (Å²) in [5.41, 5.74) is 1.25. The van der Waals surface area contributed by atoms with Gasteiger partial charge in [-0.15, -0.1) is 5.10 Å². The molecule has 2 aromatic rings. The second kappa shape index (κ2) is 4.96. The number of Topliss-reactive ketones (excluding diaryl/α,β-unsaturated/α-hetero) is 1. The molecule has 0 fully saturated rings. The van der Waals surface area contributed by atoms with Gasteiger partial charge in [0.05, 0.1) is 0 Å². The maximum Gasteiger partial charge on any atom is 0.217 e. The van der Waals surface area contributed by atoms with E-state index < -0.39 is 0 Å². The maximum atomic E-state index is 11.9. The summed E-state index contributed by atoms with van der Waals surface area (Å²) in [7, 11) is 0. The van der Waals surface area contributed by atoms with E-state index >= 15 is 0 Å². The smallest absolute Gasteiger partial charge is 0.217 e. The van der Waals surface area contributed by atoms with Crippen LogP contribution in [-0.2, 0) is 6.54 Å². The fourth-order valence-electron chi connectivity index (χ4n) is 2.62. The van der Waals surface area contributed by atoms with Crippen molar-refractivity contribution in [2.45, 2.75) is 38.6 Å². The molecule has 4 heteroatoms. The Balaban J connectivity index is 1.90. The zero-order chi connectivity index (χ0) is 13.2. The molecule has 19 heavy (non-hydrogen) atoms. The second-order valence-corrected chi connectivity index (χ2v) is 4.94. The molecule has 0 aliphatic carbocycles. The van der Waals surface area contributed by atoms with Gasteiger partial charge in [-0.1, -0.05) is 37.3 Å². The van der Waals surface area contributed by atoms with E-state index in [9.17, 15) is 4.79 Å². The number of rotatable bonds is 4. The lowest BCUT2D eigenvalue weighted by molar-refractivity contribution is 0.0971. The predicted octanol–water partition coefficient (Wildman–Crippen LogP) is 2.80. The van der Waals surface area contributed by atoms with Crippen LogP contribution in [-0.4, -0.2) is 20.5 Å². The van der Waals surface area contributed by atoms with Crippen molar-refractivity contribution in [1.29, 1.82) is 0 Å². The van der Waals surface area contributed by atoms with Crippen molar-refractivity contribution >= 4 is 5.78 Å². The van der Waals surface area contributed by atoms with E-state index in [1.54, 1.807) is 0 Å². The Labute approximate surface area is 112 Å². The lowest BCUT2D eigenvalue weighted by Crippen LogP contribution is -2.04. The molecule has 0 bridgehead atoms. The number of aryl methyl sites for hydroxylation is 1. The molecule has 0 N–H and O–H groups in total. The van der Waals surface area contributed by atoms with Crippen LogP contribution < -0.4 is 0 Å². The quantitative estimate of drug-likeness (QED) is 0.789. The third kappa shape index (κ3) is 2.18. The van der Waals surface area contributed by atoms with Crippen molar-refractivity contribution in [3.05, 3.63) is 47.5 Å². The highest BCUT2D eigenvalue weighted by Gasteiger charge is 2.29. The van der Waals surface area contributed by atoms with Crippen LogP contribution in [0.2, 0.25) is 0 Å². The number of nitrogens with zero attached hydrogens (tertiary/aromatic N) is 3. The zero-order valence-corrected chi connectivity index (χ0v) is 11.0. The molecule has 3 rings (SSSR count). The number of carbonyl (C=O) groups excluding carboxylic acids is 1. The first-order chi connectivity index (χ1) is 9.29. The lowest BCUT2D eigenvalue weighted by Gasteiger charge is -2.07. The van der Waals surface area contributed by atoms with E-state index in [0.717, 1.165) is 25.2 Å². The van der Waals surface area contributed by atoms with Crippen molar-refractivity contribution in [3.63, 3.8) is 0 Å². The van der Waals surface area contributed by atoms with Crippen molar-refractivity contribution in [1.82, 2.24) is 14.8 Å². The van der Waals surface area contributed by atoms with Crippen LogP contribution in [0.5, 0.6) is 0 Å². The molecule has 1 aliphatic heterocycles. The van der Waals surface area contributed by atoms with E-state index in [1.807, 2.05) is 29.8 Å². The number of carbonyl (C=O) groups is 1. The van der Waals surface area contributed by atoms with Crippen molar-refractivity contribution in [2.24, 2.45) is 0 Å². The van der Waals surface area contributed by atoms with Crippen LogP contribution in [0.25, 0.3) is 0 Å². The minimum absolute atomic E-state index is 0.0520. The molecule has 0 radical (unpaired) electrons. The van der Waals surface area contributed by atoms with Gasteiger partial charge in [0.15, 0.2) is 0 Å². The Morgan fingerprint density at radius 2 is 2.16 bits per heavy atom. The molecule has 1 aliphatic rings. The van der Waals surface area contributed by atoms with Gasteiger partial charge in [0.25, 0.3) is 0 Å². The summed E-state index contributed by atoms with van der Waals surface area (Å²) < 4.78 is 1.89. The van der Waals surface area contributed by atoms with Crippen molar-refractivity contribution in [3.8, 4) is 0 Å². The van der Waals surface area contributed by atoms with E-state index in [2.05, 4.69) is 22.2 Å². The van der Waals surface area contributed by atoms with Gasteiger partial charge < -0.3 is 0 Å². The van der Waals surface area contributed by atoms with Gasteiger partial charge in [-0.05, 0) is 18.4 Å². The van der Waals surface area contributed by atoms with Gasteiger partial charge in [0, 0.05) is 18.9 Å². The second-order valence-electron chi connectivity index (χ2n) is 4.94. The monoisotopic (exact) mass is 255 g/mol. The Kier molecular flexibility index (Phi) is 3.15. The van der Waals surface area contributed by atoms with Gasteiger partial charge in [-0.25, -0.2) is 9.67 Å². The number of benzene rings is 1. The van der Waals surface area contributed by atoms with Crippen LogP contribution >= 0.6 is 0 Å². The average molecular weight is 255 g/mol. The third-order valence-electron chi connectivity index (χ3n) is 3.57. The fourth-order valence-corrected chi connectivity index (χ4v) is 2.62. The van der Waals surface area contributed by atoms with Gasteiger partial charge >= 0.3 is 0 Å². The van der Waals surface area contributed by atoms with E-state index in [0.29, 0.717) is 12.2 Å². The van der Waals surface area contributed by atoms with E-state index in [4.69, 9.17) is 0 Å². The molecule has 1 unspecified atom stereocenters. The summed E-state index contributed by atoms with van der Waals surface area (Å²) in [5.74, 6) is 1.65.